The molecule has 2 N–H and O–H groups in total. The van der Waals surface area contributed by atoms with Gasteiger partial charge in [0.1, 0.15) is 23.5 Å². The molecule has 5 rings (SSSR count). The topological polar surface area (TPSA) is 90.7 Å². The van der Waals surface area contributed by atoms with E-state index in [1.165, 1.54) is 0 Å². The first kappa shape index (κ1) is 22.0. The molecule has 0 fully saturated rings. The molecule has 0 aliphatic carbocycles. The molecule has 2 aromatic carbocycles. The maximum absolute atomic E-state index is 8.99. The van der Waals surface area contributed by atoms with E-state index in [0.717, 1.165) is 46.2 Å². The minimum absolute atomic E-state index is 0.0825. The molecule has 3 heterocycles. The standard InChI is InChI=1S/C25H20N6.C2H6/c26-15-14-17-8-10-19(11-9-17)31-24(20-7-4-16-28-23(20)27)30-22-13-12-21(29-25(22)31)18-5-2-1-3-6-18;1-2/h1-12,16,22H,13-14H2,(H2,27,28);1-2H3. The summed E-state index contributed by atoms with van der Waals surface area (Å²) in [4.78, 5) is 16.3. The fraction of sp³-hybridized carbons (Fsp3) is 0.185. The molecule has 3 aromatic rings. The number of nitrogens with zero attached hydrogens (tertiary/aromatic N) is 5. The third kappa shape index (κ3) is 4.39. The van der Waals surface area contributed by atoms with Gasteiger partial charge in [-0.05, 0) is 41.8 Å². The van der Waals surface area contributed by atoms with Gasteiger partial charge in [-0.25, -0.2) is 9.98 Å². The van der Waals surface area contributed by atoms with Gasteiger partial charge in [0.05, 0.1) is 23.8 Å². The minimum Gasteiger partial charge on any atom is -0.383 e. The molecular weight excluding hydrogens is 408 g/mol. The molecule has 6 heteroatoms. The van der Waals surface area contributed by atoms with Crippen LogP contribution in [0.4, 0.5) is 11.5 Å². The molecule has 0 bridgehead atoms. The van der Waals surface area contributed by atoms with Crippen LogP contribution < -0.4 is 10.6 Å². The predicted molar refractivity (Wildman–Crippen MR) is 135 cm³/mol. The number of anilines is 2. The highest BCUT2D eigenvalue weighted by Gasteiger charge is 2.36. The highest BCUT2D eigenvalue weighted by Crippen LogP contribution is 2.33. The summed E-state index contributed by atoms with van der Waals surface area (Å²) < 4.78 is 0. The number of benzene rings is 2. The van der Waals surface area contributed by atoms with Crippen LogP contribution in [0.1, 0.15) is 37.0 Å². The molecule has 1 unspecified atom stereocenters. The van der Waals surface area contributed by atoms with E-state index in [0.29, 0.717) is 12.2 Å². The fourth-order valence-electron chi connectivity index (χ4n) is 3.89. The number of pyridine rings is 1. The average molecular weight is 435 g/mol. The molecule has 0 saturated heterocycles. The van der Waals surface area contributed by atoms with E-state index in [4.69, 9.17) is 21.0 Å². The van der Waals surface area contributed by atoms with Crippen molar-refractivity contribution in [2.45, 2.75) is 32.7 Å². The van der Waals surface area contributed by atoms with Gasteiger partial charge in [0.2, 0.25) is 0 Å². The fourth-order valence-corrected chi connectivity index (χ4v) is 3.89. The van der Waals surface area contributed by atoms with Crippen LogP contribution in [0.5, 0.6) is 0 Å². The van der Waals surface area contributed by atoms with Crippen molar-refractivity contribution in [3.05, 3.63) is 95.7 Å². The summed E-state index contributed by atoms with van der Waals surface area (Å²) in [5.74, 6) is 2.04. The van der Waals surface area contributed by atoms with Gasteiger partial charge in [0, 0.05) is 11.9 Å². The number of nitrogens with two attached hydrogens (primary N) is 1. The van der Waals surface area contributed by atoms with Crippen LogP contribution in [0.2, 0.25) is 0 Å². The van der Waals surface area contributed by atoms with E-state index in [-0.39, 0.29) is 6.04 Å². The largest absolute Gasteiger partial charge is 0.383 e. The van der Waals surface area contributed by atoms with Crippen LogP contribution in [0.3, 0.4) is 0 Å². The van der Waals surface area contributed by atoms with Gasteiger partial charge in [-0.15, -0.1) is 0 Å². The number of aliphatic imine (C=N–C) groups is 2. The summed E-state index contributed by atoms with van der Waals surface area (Å²) in [6.45, 7) is 4.00. The Morgan fingerprint density at radius 2 is 1.79 bits per heavy atom. The SMILES string of the molecule is CC.N#CCc1ccc(N2C(c3cccnc3N)=NC3CC=C(c4ccccc4)N=C32)cc1. The normalized spacial score (nSPS) is 16.5. The third-order valence-corrected chi connectivity index (χ3v) is 5.41. The first-order chi connectivity index (χ1) is 16.2. The lowest BCUT2D eigenvalue weighted by molar-refractivity contribution is 0.879. The minimum atomic E-state index is -0.0825. The van der Waals surface area contributed by atoms with Crippen molar-refractivity contribution in [2.75, 3.05) is 10.6 Å². The molecule has 0 spiro atoms. The Morgan fingerprint density at radius 3 is 2.48 bits per heavy atom. The Balaban J connectivity index is 0.00000126. The number of nitriles is 1. The van der Waals surface area contributed by atoms with Crippen molar-refractivity contribution in [3.8, 4) is 6.07 Å². The molecule has 164 valence electrons. The lowest BCUT2D eigenvalue weighted by atomic mass is 10.0. The molecule has 2 aliphatic rings. The zero-order valence-electron chi connectivity index (χ0n) is 18.8. The van der Waals surface area contributed by atoms with Crippen molar-refractivity contribution in [2.24, 2.45) is 9.98 Å². The third-order valence-electron chi connectivity index (χ3n) is 5.41. The monoisotopic (exact) mass is 434 g/mol. The maximum Gasteiger partial charge on any atom is 0.145 e. The zero-order chi connectivity index (χ0) is 23.2. The van der Waals surface area contributed by atoms with Gasteiger partial charge >= 0.3 is 0 Å². The van der Waals surface area contributed by atoms with Crippen molar-refractivity contribution in [1.82, 2.24) is 4.98 Å². The first-order valence-corrected chi connectivity index (χ1v) is 11.1. The second-order valence-corrected chi connectivity index (χ2v) is 7.40. The zero-order valence-corrected chi connectivity index (χ0v) is 18.8. The van der Waals surface area contributed by atoms with Crippen LogP contribution in [-0.4, -0.2) is 22.7 Å². The molecule has 0 amide bonds. The summed E-state index contributed by atoms with van der Waals surface area (Å²) in [5, 5.41) is 8.99. The van der Waals surface area contributed by atoms with Crippen molar-refractivity contribution >= 4 is 28.9 Å². The number of hydrogen-bond acceptors (Lipinski definition) is 6. The molecule has 1 atom stereocenters. The van der Waals surface area contributed by atoms with E-state index in [1.54, 1.807) is 6.20 Å². The lowest BCUT2D eigenvalue weighted by Gasteiger charge is -2.25. The Kier molecular flexibility index (Phi) is 6.61. The quantitative estimate of drug-likeness (QED) is 0.608. The van der Waals surface area contributed by atoms with Crippen molar-refractivity contribution in [3.63, 3.8) is 0 Å². The number of nitrogen functional groups attached to an aromatic ring is 1. The Bertz CT molecular complexity index is 1250. The second kappa shape index (κ2) is 9.92. The van der Waals surface area contributed by atoms with Crippen LogP contribution in [-0.2, 0) is 6.42 Å². The summed E-state index contributed by atoms with van der Waals surface area (Å²) in [6.07, 6.45) is 4.95. The molecule has 6 nitrogen and oxygen atoms in total. The number of hydrogen-bond donors (Lipinski definition) is 1. The summed E-state index contributed by atoms with van der Waals surface area (Å²) in [7, 11) is 0. The van der Waals surface area contributed by atoms with Gasteiger partial charge in [-0.3, -0.25) is 9.89 Å². The summed E-state index contributed by atoms with van der Waals surface area (Å²) >= 11 is 0. The molecular formula is C27H26N6. The van der Waals surface area contributed by atoms with Gasteiger partial charge in [-0.1, -0.05) is 62.4 Å². The first-order valence-electron chi connectivity index (χ1n) is 11.1. The average Bonchev–Trinajstić information content (AvgIpc) is 3.25. The molecule has 33 heavy (non-hydrogen) atoms. The van der Waals surface area contributed by atoms with Crippen LogP contribution in [0.15, 0.2) is 89.0 Å². The van der Waals surface area contributed by atoms with Crippen LogP contribution in [0.25, 0.3) is 5.70 Å². The number of fused-ring (bicyclic) bond motifs is 1. The second-order valence-electron chi connectivity index (χ2n) is 7.40. The van der Waals surface area contributed by atoms with E-state index in [9.17, 15) is 0 Å². The van der Waals surface area contributed by atoms with E-state index >= 15 is 0 Å². The van der Waals surface area contributed by atoms with E-state index in [2.05, 4.69) is 34.2 Å². The number of aromatic nitrogens is 1. The van der Waals surface area contributed by atoms with Gasteiger partial charge < -0.3 is 5.73 Å². The predicted octanol–water partition coefficient (Wildman–Crippen LogP) is 5.23. The van der Waals surface area contributed by atoms with E-state index in [1.807, 2.05) is 68.4 Å². The molecule has 0 radical (unpaired) electrons. The molecule has 1 aromatic heterocycles. The molecule has 2 aliphatic heterocycles. The van der Waals surface area contributed by atoms with E-state index < -0.39 is 0 Å². The number of rotatable bonds is 4. The Labute approximate surface area is 194 Å². The van der Waals surface area contributed by atoms with Crippen LogP contribution >= 0.6 is 0 Å². The maximum atomic E-state index is 8.99. The highest BCUT2D eigenvalue weighted by atomic mass is 15.3. The van der Waals surface area contributed by atoms with Gasteiger partial charge in [0.15, 0.2) is 0 Å². The lowest BCUT2D eigenvalue weighted by Crippen LogP contribution is -2.37. The summed E-state index contributed by atoms with van der Waals surface area (Å²) in [6, 6.07) is 24.0. The van der Waals surface area contributed by atoms with Crippen molar-refractivity contribution in [1.29, 1.82) is 5.26 Å². The Hall–Kier alpha value is -4.24. The van der Waals surface area contributed by atoms with Gasteiger partial charge in [-0.2, -0.15) is 5.26 Å². The Morgan fingerprint density at radius 1 is 1.03 bits per heavy atom. The summed E-state index contributed by atoms with van der Waals surface area (Å²) in [5.41, 5.74) is 10.9. The number of amidine groups is 2. The van der Waals surface area contributed by atoms with Crippen LogP contribution in [0, 0.1) is 11.3 Å². The van der Waals surface area contributed by atoms with Gasteiger partial charge in [0.25, 0.3) is 0 Å². The van der Waals surface area contributed by atoms with Crippen molar-refractivity contribution < 1.29 is 0 Å². The molecule has 0 saturated carbocycles. The smallest absolute Gasteiger partial charge is 0.145 e. The highest BCUT2D eigenvalue weighted by molar-refractivity contribution is 6.31.